The predicted molar refractivity (Wildman–Crippen MR) is 244 cm³/mol. The minimum absolute atomic E-state index is 0.132. The summed E-state index contributed by atoms with van der Waals surface area (Å²) in [7, 11) is 0. The van der Waals surface area contributed by atoms with Gasteiger partial charge in [0.05, 0.1) is 17.4 Å². The Morgan fingerprint density at radius 2 is 1.35 bits per heavy atom. The highest BCUT2D eigenvalue weighted by atomic mass is 15.1. The number of aromatic amines is 1. The predicted octanol–water partition coefficient (Wildman–Crippen LogP) is 13.3. The first-order chi connectivity index (χ1) is 28.1. The second-order valence-corrected chi connectivity index (χ2v) is 14.3. The molecule has 0 bridgehead atoms. The molecule has 2 atom stereocenters. The van der Waals surface area contributed by atoms with Crippen LogP contribution in [-0.2, 0) is 0 Å². The minimum Gasteiger partial charge on any atom is -0.398 e. The van der Waals surface area contributed by atoms with Crippen LogP contribution < -0.4 is 11.1 Å². The fourth-order valence-electron chi connectivity index (χ4n) is 7.03. The van der Waals surface area contributed by atoms with Crippen molar-refractivity contribution in [1.29, 1.82) is 0 Å². The van der Waals surface area contributed by atoms with E-state index in [1.807, 2.05) is 54.6 Å². The number of hydrogen-bond donors (Lipinski definition) is 3. The molecule has 2 unspecified atom stereocenters. The van der Waals surface area contributed by atoms with Crippen LogP contribution in [-0.4, -0.2) is 16.2 Å². The van der Waals surface area contributed by atoms with E-state index < -0.39 is 0 Å². The third-order valence-corrected chi connectivity index (χ3v) is 10.2. The number of allylic oxidation sites excluding steroid dienone is 12. The first-order valence-electron chi connectivity index (χ1n) is 19.8. The van der Waals surface area contributed by atoms with E-state index in [1.54, 1.807) is 0 Å². The number of nitrogens with zero attached hydrogens (tertiary/aromatic N) is 1. The zero-order valence-electron chi connectivity index (χ0n) is 32.5. The molecule has 1 aromatic heterocycles. The van der Waals surface area contributed by atoms with Gasteiger partial charge in [-0.3, -0.25) is 5.10 Å². The molecule has 0 saturated heterocycles. The van der Waals surface area contributed by atoms with E-state index in [0.717, 1.165) is 53.2 Å². The second-order valence-electron chi connectivity index (χ2n) is 14.3. The molecule has 4 nitrogen and oxygen atoms in total. The van der Waals surface area contributed by atoms with Gasteiger partial charge in [-0.15, -0.1) is 0 Å². The van der Waals surface area contributed by atoms with E-state index in [-0.39, 0.29) is 12.0 Å². The number of nitrogens with two attached hydrogens (primary N) is 1. The van der Waals surface area contributed by atoms with Crippen molar-refractivity contribution in [2.45, 2.75) is 38.1 Å². The molecule has 9 rings (SSSR count). The maximum Gasteiger partial charge on any atom is 0.0887 e. The fraction of sp³-hybridized carbons (Fsp3) is 0.113. The van der Waals surface area contributed by atoms with E-state index in [2.05, 4.69) is 180 Å². The first-order valence-corrected chi connectivity index (χ1v) is 19.8. The Labute approximate surface area is 337 Å². The van der Waals surface area contributed by atoms with Crippen LogP contribution in [0.25, 0.3) is 33.5 Å². The number of benzene rings is 5. The number of rotatable bonds is 7. The molecule has 282 valence electrons. The summed E-state index contributed by atoms with van der Waals surface area (Å²) in [6.07, 6.45) is 29.0. The summed E-state index contributed by atoms with van der Waals surface area (Å²) in [4.78, 5) is 0. The standard InChI is InChI=1S/C31H28N2.C15H14N2.C7H8/c1-22-12-16-27(17-13-22)33-31-21-26(14-18-28(31)23-8-4-2-5-9-23)25-15-19-30(32)29(20-25)24-10-6-3-7-11-24;1-3-7-12(8-4-1)14-11-15(17-16-14)13-9-5-2-6-10-13;1-2-4-6-7-5-3-1/h2-21,28,31,33H,32H2,1H3;1-5,7-9,11H,6,10H2,(H,16,17);1-6H,7H2. The Hall–Kier alpha value is -6.91. The third-order valence-electron chi connectivity index (χ3n) is 10.2. The molecule has 0 fully saturated rings. The van der Waals surface area contributed by atoms with Gasteiger partial charge in [-0.1, -0.05) is 188 Å². The quantitative estimate of drug-likeness (QED) is 0.143. The second kappa shape index (κ2) is 19.6. The van der Waals surface area contributed by atoms with Gasteiger partial charge in [0.1, 0.15) is 0 Å². The van der Waals surface area contributed by atoms with E-state index in [1.165, 1.54) is 33.4 Å². The summed E-state index contributed by atoms with van der Waals surface area (Å²) in [6, 6.07) is 48.5. The zero-order valence-corrected chi connectivity index (χ0v) is 32.5. The fourth-order valence-corrected chi connectivity index (χ4v) is 7.03. The van der Waals surface area contributed by atoms with Gasteiger partial charge in [-0.2, -0.15) is 5.10 Å². The van der Waals surface area contributed by atoms with Gasteiger partial charge in [0.2, 0.25) is 0 Å². The number of anilines is 2. The molecule has 3 aliphatic rings. The maximum atomic E-state index is 6.34. The maximum absolute atomic E-state index is 6.34. The third kappa shape index (κ3) is 10.7. The molecule has 0 spiro atoms. The van der Waals surface area contributed by atoms with Crippen LogP contribution in [0.5, 0.6) is 0 Å². The van der Waals surface area contributed by atoms with Gasteiger partial charge in [0.25, 0.3) is 0 Å². The molecule has 1 heterocycles. The average Bonchev–Trinajstić information content (AvgIpc) is 3.58. The smallest absolute Gasteiger partial charge is 0.0887 e. The Bertz CT molecular complexity index is 2390. The van der Waals surface area contributed by atoms with Gasteiger partial charge >= 0.3 is 0 Å². The number of H-pyrrole nitrogens is 1. The molecule has 0 amide bonds. The highest BCUT2D eigenvalue weighted by molar-refractivity contribution is 5.84. The summed E-state index contributed by atoms with van der Waals surface area (Å²) < 4.78 is 0. The lowest BCUT2D eigenvalue weighted by molar-refractivity contribution is 0.758. The van der Waals surface area contributed by atoms with Gasteiger partial charge in [0.15, 0.2) is 0 Å². The highest BCUT2D eigenvalue weighted by Gasteiger charge is 2.23. The van der Waals surface area contributed by atoms with Crippen molar-refractivity contribution in [2.75, 3.05) is 11.1 Å². The molecular formula is C53H50N4. The number of hydrogen-bond acceptors (Lipinski definition) is 3. The van der Waals surface area contributed by atoms with Gasteiger partial charge in [-0.25, -0.2) is 0 Å². The van der Waals surface area contributed by atoms with Crippen molar-refractivity contribution in [3.05, 3.63) is 235 Å². The molecular weight excluding hydrogens is 693 g/mol. The summed E-state index contributed by atoms with van der Waals surface area (Å²) in [5.41, 5.74) is 20.0. The molecule has 0 radical (unpaired) electrons. The summed E-state index contributed by atoms with van der Waals surface area (Å²) in [5.74, 6) is 0.249. The van der Waals surface area contributed by atoms with Gasteiger partial charge < -0.3 is 11.1 Å². The molecule has 57 heavy (non-hydrogen) atoms. The normalized spacial score (nSPS) is 16.6. The Morgan fingerprint density at radius 1 is 0.667 bits per heavy atom. The average molecular weight is 743 g/mol. The number of nitrogens with one attached hydrogen (secondary N) is 2. The topological polar surface area (TPSA) is 66.7 Å². The molecule has 0 saturated carbocycles. The van der Waals surface area contributed by atoms with E-state index in [9.17, 15) is 0 Å². The number of nitrogen functional groups attached to an aromatic ring is 1. The molecule has 6 aromatic rings. The Balaban J connectivity index is 0.000000170. The van der Waals surface area contributed by atoms with Crippen LogP contribution in [0.15, 0.2) is 212 Å². The number of aryl methyl sites for hydroxylation is 1. The van der Waals surface area contributed by atoms with E-state index >= 15 is 0 Å². The van der Waals surface area contributed by atoms with Crippen LogP contribution in [0.1, 0.15) is 47.6 Å². The van der Waals surface area contributed by atoms with Crippen LogP contribution in [0.3, 0.4) is 0 Å². The van der Waals surface area contributed by atoms with Crippen LogP contribution in [0.4, 0.5) is 11.4 Å². The number of aromatic nitrogens is 2. The van der Waals surface area contributed by atoms with E-state index in [4.69, 9.17) is 5.73 Å². The Kier molecular flexibility index (Phi) is 13.2. The van der Waals surface area contributed by atoms with Crippen LogP contribution >= 0.6 is 0 Å². The van der Waals surface area contributed by atoms with Crippen molar-refractivity contribution in [2.24, 2.45) is 0 Å². The molecule has 5 aromatic carbocycles. The summed E-state index contributed by atoms with van der Waals surface area (Å²) in [5, 5.41) is 11.3. The molecule has 4 N–H and O–H groups in total. The van der Waals surface area contributed by atoms with Crippen LogP contribution in [0.2, 0.25) is 0 Å². The van der Waals surface area contributed by atoms with Crippen molar-refractivity contribution in [3.63, 3.8) is 0 Å². The zero-order chi connectivity index (χ0) is 39.1. The monoisotopic (exact) mass is 742 g/mol. The van der Waals surface area contributed by atoms with Crippen molar-refractivity contribution in [3.8, 4) is 22.4 Å². The SMILES string of the molecule is C1=CC=CCC=C1.C1=CCCC(c2cc(-c3ccccc3)[nH]n2)=C1.Cc1ccc(NC2C=C(c3ccc(N)c(-c4ccccc4)c3)C=CC2c2ccccc2)cc1. The molecule has 4 heteroatoms. The highest BCUT2D eigenvalue weighted by Crippen LogP contribution is 2.36. The van der Waals surface area contributed by atoms with Crippen LogP contribution in [0, 0.1) is 6.92 Å². The van der Waals surface area contributed by atoms with Gasteiger partial charge in [0, 0.05) is 22.9 Å². The summed E-state index contributed by atoms with van der Waals surface area (Å²) >= 11 is 0. The lowest BCUT2D eigenvalue weighted by Crippen LogP contribution is -2.26. The van der Waals surface area contributed by atoms with Gasteiger partial charge in [-0.05, 0) is 89.9 Å². The van der Waals surface area contributed by atoms with E-state index in [0.29, 0.717) is 0 Å². The first kappa shape index (κ1) is 38.4. The Morgan fingerprint density at radius 3 is 2.04 bits per heavy atom. The lowest BCUT2D eigenvalue weighted by Gasteiger charge is -2.29. The lowest BCUT2D eigenvalue weighted by atomic mass is 9.83. The van der Waals surface area contributed by atoms with Crippen molar-refractivity contribution >= 4 is 22.5 Å². The largest absolute Gasteiger partial charge is 0.398 e. The van der Waals surface area contributed by atoms with Crippen molar-refractivity contribution in [1.82, 2.24) is 10.2 Å². The minimum atomic E-state index is 0.132. The summed E-state index contributed by atoms with van der Waals surface area (Å²) in [6.45, 7) is 2.11. The van der Waals surface area contributed by atoms with Crippen molar-refractivity contribution < 1.29 is 0 Å². The molecule has 3 aliphatic carbocycles. The molecule has 0 aliphatic heterocycles.